The first-order valence-electron chi connectivity index (χ1n) is 8.59. The zero-order valence-corrected chi connectivity index (χ0v) is 14.8. The summed E-state index contributed by atoms with van der Waals surface area (Å²) in [5, 5.41) is 0. The molecule has 1 atom stereocenters. The van der Waals surface area contributed by atoms with Gasteiger partial charge in [-0.05, 0) is 17.7 Å². The Balaban J connectivity index is 1.76. The van der Waals surface area contributed by atoms with E-state index in [9.17, 15) is 9.59 Å². The summed E-state index contributed by atoms with van der Waals surface area (Å²) in [7, 11) is 1.52. The highest BCUT2D eigenvalue weighted by Crippen LogP contribution is 2.22. The van der Waals surface area contributed by atoms with Crippen LogP contribution in [0.5, 0.6) is 5.75 Å². The molecule has 136 valence electrons. The highest BCUT2D eigenvalue weighted by molar-refractivity contribution is 5.99. The molecule has 6 heteroatoms. The Morgan fingerprint density at radius 3 is 2.46 bits per heavy atom. The van der Waals surface area contributed by atoms with Crippen molar-refractivity contribution in [3.05, 3.63) is 65.7 Å². The predicted molar refractivity (Wildman–Crippen MR) is 98.7 cm³/mol. The van der Waals surface area contributed by atoms with Crippen molar-refractivity contribution < 1.29 is 14.3 Å². The van der Waals surface area contributed by atoms with Crippen LogP contribution in [0.2, 0.25) is 0 Å². The monoisotopic (exact) mass is 353 g/mol. The first-order valence-corrected chi connectivity index (χ1v) is 8.59. The van der Waals surface area contributed by atoms with Crippen LogP contribution in [0.1, 0.15) is 15.9 Å². The fourth-order valence-corrected chi connectivity index (χ4v) is 3.29. The molecular formula is C20H23N3O3. The van der Waals surface area contributed by atoms with Gasteiger partial charge in [0.15, 0.2) is 0 Å². The van der Waals surface area contributed by atoms with Gasteiger partial charge in [0, 0.05) is 26.2 Å². The summed E-state index contributed by atoms with van der Waals surface area (Å²) < 4.78 is 5.28. The summed E-state index contributed by atoms with van der Waals surface area (Å²) >= 11 is 0. The molecule has 2 aromatic rings. The fraction of sp³-hybridized carbons (Fsp3) is 0.300. The third-order valence-corrected chi connectivity index (χ3v) is 4.64. The van der Waals surface area contributed by atoms with Crippen molar-refractivity contribution in [3.63, 3.8) is 0 Å². The van der Waals surface area contributed by atoms with E-state index in [1.165, 1.54) is 12.7 Å². The number of hydrogen-bond donors (Lipinski definition) is 1. The topological polar surface area (TPSA) is 75.9 Å². The number of carbonyl (C=O) groups excluding carboxylic acids is 2. The van der Waals surface area contributed by atoms with Crippen LogP contribution in [0, 0.1) is 0 Å². The maximum atomic E-state index is 13.0. The number of ether oxygens (including phenoxy) is 1. The van der Waals surface area contributed by atoms with Crippen molar-refractivity contribution in [2.45, 2.75) is 12.6 Å². The molecule has 0 aromatic heterocycles. The maximum Gasteiger partial charge on any atom is 0.258 e. The van der Waals surface area contributed by atoms with E-state index in [4.69, 9.17) is 10.5 Å². The molecule has 0 radical (unpaired) electrons. The molecule has 1 aliphatic heterocycles. The Labute approximate surface area is 153 Å². The van der Waals surface area contributed by atoms with Gasteiger partial charge in [-0.3, -0.25) is 14.5 Å². The summed E-state index contributed by atoms with van der Waals surface area (Å²) in [6.45, 7) is 2.27. The van der Waals surface area contributed by atoms with E-state index < -0.39 is 11.9 Å². The van der Waals surface area contributed by atoms with Crippen LogP contribution in [0.15, 0.2) is 54.6 Å². The number of carbonyl (C=O) groups is 2. The normalized spacial score (nSPS) is 17.7. The lowest BCUT2D eigenvalue weighted by molar-refractivity contribution is -0.124. The molecule has 3 rings (SSSR count). The first kappa shape index (κ1) is 17.9. The van der Waals surface area contributed by atoms with Crippen molar-refractivity contribution in [1.82, 2.24) is 9.80 Å². The van der Waals surface area contributed by atoms with E-state index in [2.05, 4.69) is 4.90 Å². The number of hydrogen-bond acceptors (Lipinski definition) is 4. The number of amides is 2. The average molecular weight is 353 g/mol. The predicted octanol–water partition coefficient (Wildman–Crippen LogP) is 1.51. The quantitative estimate of drug-likeness (QED) is 0.884. The molecule has 0 bridgehead atoms. The van der Waals surface area contributed by atoms with Gasteiger partial charge in [-0.25, -0.2) is 0 Å². The minimum atomic E-state index is -0.662. The van der Waals surface area contributed by atoms with Crippen LogP contribution >= 0.6 is 0 Å². The van der Waals surface area contributed by atoms with E-state index in [0.717, 1.165) is 6.54 Å². The molecule has 1 heterocycles. The number of rotatable bonds is 5. The van der Waals surface area contributed by atoms with Gasteiger partial charge in [0.1, 0.15) is 11.8 Å². The maximum absolute atomic E-state index is 13.0. The molecule has 1 aliphatic rings. The second-order valence-corrected chi connectivity index (χ2v) is 6.34. The minimum absolute atomic E-state index is 0.231. The fourth-order valence-electron chi connectivity index (χ4n) is 3.29. The third kappa shape index (κ3) is 3.86. The Bertz CT molecular complexity index is 779. The smallest absolute Gasteiger partial charge is 0.258 e. The molecule has 0 saturated carbocycles. The lowest BCUT2D eigenvalue weighted by atomic mass is 10.1. The van der Waals surface area contributed by atoms with Crippen LogP contribution in [-0.2, 0) is 11.3 Å². The highest BCUT2D eigenvalue weighted by Gasteiger charge is 2.35. The molecular weight excluding hydrogens is 330 g/mol. The zero-order chi connectivity index (χ0) is 18.5. The molecule has 1 saturated heterocycles. The minimum Gasteiger partial charge on any atom is -0.496 e. The Morgan fingerprint density at radius 2 is 1.77 bits per heavy atom. The Morgan fingerprint density at radius 1 is 1.08 bits per heavy atom. The summed E-state index contributed by atoms with van der Waals surface area (Å²) in [4.78, 5) is 28.7. The largest absolute Gasteiger partial charge is 0.496 e. The first-order chi connectivity index (χ1) is 12.6. The molecule has 6 nitrogen and oxygen atoms in total. The van der Waals surface area contributed by atoms with Crippen LogP contribution < -0.4 is 10.5 Å². The number of primary amides is 1. The number of piperazine rings is 1. The molecule has 2 N–H and O–H groups in total. The van der Waals surface area contributed by atoms with E-state index in [0.29, 0.717) is 30.9 Å². The Hall–Kier alpha value is -2.86. The van der Waals surface area contributed by atoms with Crippen molar-refractivity contribution in [1.29, 1.82) is 0 Å². The average Bonchev–Trinajstić information content (AvgIpc) is 2.68. The van der Waals surface area contributed by atoms with Crippen molar-refractivity contribution >= 4 is 11.8 Å². The molecule has 2 amide bonds. The van der Waals surface area contributed by atoms with Gasteiger partial charge in [0.05, 0.1) is 12.7 Å². The molecule has 0 aliphatic carbocycles. The van der Waals surface area contributed by atoms with E-state index in [1.54, 1.807) is 29.2 Å². The second kappa shape index (κ2) is 8.01. The number of methoxy groups -OCH3 is 1. The van der Waals surface area contributed by atoms with Gasteiger partial charge in [-0.2, -0.15) is 0 Å². The van der Waals surface area contributed by atoms with E-state index in [1.807, 2.05) is 30.3 Å². The number of benzene rings is 2. The molecule has 0 spiro atoms. The second-order valence-electron chi connectivity index (χ2n) is 6.34. The summed E-state index contributed by atoms with van der Waals surface area (Å²) in [6, 6.07) is 16.4. The Kier molecular flexibility index (Phi) is 5.53. The van der Waals surface area contributed by atoms with Crippen molar-refractivity contribution in [2.75, 3.05) is 26.7 Å². The van der Waals surface area contributed by atoms with Crippen molar-refractivity contribution in [3.8, 4) is 5.75 Å². The van der Waals surface area contributed by atoms with Gasteiger partial charge in [0.25, 0.3) is 5.91 Å². The van der Waals surface area contributed by atoms with E-state index in [-0.39, 0.29) is 5.91 Å². The zero-order valence-electron chi connectivity index (χ0n) is 14.8. The van der Waals surface area contributed by atoms with Crippen LogP contribution in [-0.4, -0.2) is 54.4 Å². The standard InChI is InChI=1S/C20H23N3O3/c1-26-18-10-6-5-9-16(18)20(25)23-12-11-22(14-17(23)19(21)24)13-15-7-3-2-4-8-15/h2-10,17H,11-14H2,1H3,(H2,21,24). The van der Waals surface area contributed by atoms with E-state index >= 15 is 0 Å². The number of nitrogens with zero attached hydrogens (tertiary/aromatic N) is 2. The lowest BCUT2D eigenvalue weighted by Crippen LogP contribution is -2.59. The summed E-state index contributed by atoms with van der Waals surface area (Å²) in [5.41, 5.74) is 7.22. The molecule has 1 fully saturated rings. The van der Waals surface area contributed by atoms with Gasteiger partial charge < -0.3 is 15.4 Å². The number of nitrogens with two attached hydrogens (primary N) is 1. The molecule has 1 unspecified atom stereocenters. The SMILES string of the molecule is COc1ccccc1C(=O)N1CCN(Cc2ccccc2)CC1C(N)=O. The summed E-state index contributed by atoms with van der Waals surface area (Å²) in [6.07, 6.45) is 0. The molecule has 26 heavy (non-hydrogen) atoms. The molecule has 2 aromatic carbocycles. The number of para-hydroxylation sites is 1. The van der Waals surface area contributed by atoms with Gasteiger partial charge in [-0.15, -0.1) is 0 Å². The lowest BCUT2D eigenvalue weighted by Gasteiger charge is -2.40. The van der Waals surface area contributed by atoms with Crippen molar-refractivity contribution in [2.24, 2.45) is 5.73 Å². The summed E-state index contributed by atoms with van der Waals surface area (Å²) in [5.74, 6) is -0.232. The van der Waals surface area contributed by atoms with Gasteiger partial charge >= 0.3 is 0 Å². The van der Waals surface area contributed by atoms with Crippen LogP contribution in [0.3, 0.4) is 0 Å². The van der Waals surface area contributed by atoms with Gasteiger partial charge in [0.2, 0.25) is 5.91 Å². The van der Waals surface area contributed by atoms with Gasteiger partial charge in [-0.1, -0.05) is 42.5 Å². The third-order valence-electron chi connectivity index (χ3n) is 4.64. The van der Waals surface area contributed by atoms with Crippen LogP contribution in [0.4, 0.5) is 0 Å². The highest BCUT2D eigenvalue weighted by atomic mass is 16.5. The van der Waals surface area contributed by atoms with Crippen LogP contribution in [0.25, 0.3) is 0 Å².